The second-order valence-electron chi connectivity index (χ2n) is 7.74. The van der Waals surface area contributed by atoms with Crippen LogP contribution in [0.1, 0.15) is 46.3 Å². The van der Waals surface area contributed by atoms with Crippen molar-refractivity contribution in [2.24, 2.45) is 0 Å². The number of nitrogens with one attached hydrogen (secondary N) is 2. The van der Waals surface area contributed by atoms with Gasteiger partial charge in [0.1, 0.15) is 11.7 Å². The molecule has 2 N–H and O–H groups in total. The van der Waals surface area contributed by atoms with Crippen molar-refractivity contribution in [1.82, 2.24) is 15.6 Å². The van der Waals surface area contributed by atoms with Crippen molar-refractivity contribution >= 4 is 17.5 Å². The van der Waals surface area contributed by atoms with E-state index in [1.54, 1.807) is 7.05 Å². The normalized spacial score (nSPS) is 13.4. The Morgan fingerprint density at radius 1 is 1.03 bits per heavy atom. The summed E-state index contributed by atoms with van der Waals surface area (Å²) >= 11 is 6.32. The molecule has 0 saturated carbocycles. The van der Waals surface area contributed by atoms with Crippen LogP contribution in [0.2, 0.25) is 5.02 Å². The summed E-state index contributed by atoms with van der Waals surface area (Å²) in [4.78, 5) is 16.1. The Hall–Kier alpha value is -2.90. The number of carbonyl (C=O) groups is 1. The lowest BCUT2D eigenvalue weighted by Crippen LogP contribution is -2.36. The number of carbonyl (C=O) groups excluding carboxylic acids is 1. The summed E-state index contributed by atoms with van der Waals surface area (Å²) in [7, 11) is 1.57. The molecule has 0 unspecified atom stereocenters. The van der Waals surface area contributed by atoms with Crippen molar-refractivity contribution in [1.29, 1.82) is 0 Å². The second-order valence-corrected chi connectivity index (χ2v) is 8.14. The maximum absolute atomic E-state index is 13.0. The van der Waals surface area contributed by atoms with Gasteiger partial charge in [-0.05, 0) is 54.3 Å². The zero-order chi connectivity index (χ0) is 24.0. The Morgan fingerprint density at radius 2 is 1.73 bits per heavy atom. The molecule has 33 heavy (non-hydrogen) atoms. The van der Waals surface area contributed by atoms with Crippen LogP contribution < -0.4 is 10.6 Å². The van der Waals surface area contributed by atoms with Gasteiger partial charge in [0.2, 0.25) is 5.91 Å². The second kappa shape index (κ2) is 10.8. The largest absolute Gasteiger partial charge is 0.433 e. The van der Waals surface area contributed by atoms with Gasteiger partial charge in [0, 0.05) is 24.2 Å². The highest BCUT2D eigenvalue weighted by Gasteiger charge is 2.32. The lowest BCUT2D eigenvalue weighted by molar-refractivity contribution is -0.141. The monoisotopic (exact) mass is 475 g/mol. The number of likely N-dealkylation sites (N-methyl/N-ethyl adjacent to an activating group) is 1. The van der Waals surface area contributed by atoms with Gasteiger partial charge >= 0.3 is 6.18 Å². The predicted octanol–water partition coefficient (Wildman–Crippen LogP) is 5.66. The van der Waals surface area contributed by atoms with Crippen LogP contribution in [0.5, 0.6) is 0 Å². The molecule has 0 fully saturated rings. The summed E-state index contributed by atoms with van der Waals surface area (Å²) in [5, 5.41) is 6.52. The number of benzene rings is 2. The highest BCUT2D eigenvalue weighted by molar-refractivity contribution is 6.31. The molecule has 0 aliphatic heterocycles. The average Bonchev–Trinajstić information content (AvgIpc) is 2.81. The minimum Gasteiger partial charge on any atom is -0.358 e. The molecule has 2 aromatic carbocycles. The van der Waals surface area contributed by atoms with Crippen LogP contribution in [-0.2, 0) is 11.0 Å². The van der Waals surface area contributed by atoms with Crippen molar-refractivity contribution < 1.29 is 18.0 Å². The number of rotatable bonds is 8. The van der Waals surface area contributed by atoms with Crippen LogP contribution in [0.4, 0.5) is 13.2 Å². The zero-order valence-corrected chi connectivity index (χ0v) is 19.0. The summed E-state index contributed by atoms with van der Waals surface area (Å²) in [6.45, 7) is 2.32. The molecule has 1 amide bonds. The molecule has 0 bridgehead atoms. The van der Waals surface area contributed by atoms with Crippen LogP contribution in [0, 0.1) is 6.92 Å². The molecule has 4 nitrogen and oxygen atoms in total. The minimum atomic E-state index is -4.50. The molecule has 0 aliphatic rings. The molecule has 8 heteroatoms. The number of halogens is 4. The zero-order valence-electron chi connectivity index (χ0n) is 18.3. The van der Waals surface area contributed by atoms with Crippen molar-refractivity contribution in [2.75, 3.05) is 13.6 Å². The Kier molecular flexibility index (Phi) is 8.10. The van der Waals surface area contributed by atoms with Gasteiger partial charge in [-0.15, -0.1) is 0 Å². The number of hydrogen-bond donors (Lipinski definition) is 2. The first-order valence-corrected chi connectivity index (χ1v) is 10.9. The first-order chi connectivity index (χ1) is 15.7. The third-order valence-corrected chi connectivity index (χ3v) is 5.91. The van der Waals surface area contributed by atoms with Gasteiger partial charge in [-0.1, -0.05) is 60.1 Å². The maximum Gasteiger partial charge on any atom is 0.433 e. The molecule has 174 valence electrons. The van der Waals surface area contributed by atoms with E-state index in [1.165, 1.54) is 12.3 Å². The fraction of sp³-hybridized carbons (Fsp3) is 0.280. The Bertz CT molecular complexity index is 1070. The molecule has 1 heterocycles. The van der Waals surface area contributed by atoms with Crippen LogP contribution in [0.25, 0.3) is 0 Å². The van der Waals surface area contributed by atoms with Crippen molar-refractivity contribution in [2.45, 2.75) is 31.5 Å². The van der Waals surface area contributed by atoms with Gasteiger partial charge in [-0.2, -0.15) is 13.2 Å². The van der Waals surface area contributed by atoms with Crippen LogP contribution in [0.3, 0.4) is 0 Å². The van der Waals surface area contributed by atoms with Crippen molar-refractivity contribution in [3.05, 3.63) is 99.8 Å². The molecule has 1 aromatic heterocycles. The van der Waals surface area contributed by atoms with Gasteiger partial charge < -0.3 is 10.6 Å². The Balaban J connectivity index is 1.85. The molecular formula is C25H25ClF3N3O. The number of amides is 1. The summed E-state index contributed by atoms with van der Waals surface area (Å²) in [5.41, 5.74) is 2.30. The van der Waals surface area contributed by atoms with Crippen LogP contribution in [0.15, 0.2) is 66.9 Å². The number of aromatic nitrogens is 1. The van der Waals surface area contributed by atoms with Gasteiger partial charge in [-0.3, -0.25) is 9.78 Å². The number of alkyl halides is 3. The fourth-order valence-corrected chi connectivity index (χ4v) is 3.84. The van der Waals surface area contributed by atoms with Gasteiger partial charge in [0.15, 0.2) is 0 Å². The Labute approximate surface area is 196 Å². The van der Waals surface area contributed by atoms with Crippen LogP contribution >= 0.6 is 11.6 Å². The summed E-state index contributed by atoms with van der Waals surface area (Å²) in [6.07, 6.45) is -2.72. The fourth-order valence-electron chi connectivity index (χ4n) is 3.65. The first-order valence-electron chi connectivity index (χ1n) is 10.5. The lowest BCUT2D eigenvalue weighted by atomic mass is 9.88. The third kappa shape index (κ3) is 6.33. The van der Waals surface area contributed by atoms with E-state index in [4.69, 9.17) is 11.6 Å². The Morgan fingerprint density at radius 3 is 2.30 bits per heavy atom. The van der Waals surface area contributed by atoms with Crippen LogP contribution in [-0.4, -0.2) is 24.5 Å². The summed E-state index contributed by atoms with van der Waals surface area (Å²) in [5.74, 6) is -0.432. The number of pyridine rings is 1. The molecule has 0 spiro atoms. The molecule has 0 aliphatic carbocycles. The van der Waals surface area contributed by atoms with Crippen molar-refractivity contribution in [3.63, 3.8) is 0 Å². The first kappa shape index (κ1) is 24.7. The van der Waals surface area contributed by atoms with E-state index < -0.39 is 17.9 Å². The SMILES string of the molecule is CNC(=O)[C@H](NCC[C@@H](c1ccc(C(F)(F)F)nc1)c1ccc(C)c(Cl)c1)c1ccccc1. The van der Waals surface area contributed by atoms with E-state index in [0.717, 1.165) is 22.8 Å². The van der Waals surface area contributed by atoms with E-state index in [9.17, 15) is 18.0 Å². The van der Waals surface area contributed by atoms with E-state index >= 15 is 0 Å². The molecule has 2 atom stereocenters. The standard InChI is InChI=1S/C25H25ClF3N3O/c1-16-8-9-18(14-21(16)26)20(19-10-11-22(32-15-19)25(27,28)29)12-13-31-23(24(33)30-2)17-6-4-3-5-7-17/h3-11,14-15,20,23,31H,12-13H2,1-2H3,(H,30,33)/t20-,23-/m1/s1. The molecule has 0 saturated heterocycles. The van der Waals surface area contributed by atoms with E-state index in [2.05, 4.69) is 15.6 Å². The molecule has 0 radical (unpaired) electrons. The molecular weight excluding hydrogens is 451 g/mol. The maximum atomic E-state index is 13.0. The quantitative estimate of drug-likeness (QED) is 0.442. The summed E-state index contributed by atoms with van der Waals surface area (Å²) in [6, 6.07) is 16.8. The van der Waals surface area contributed by atoms with Gasteiger partial charge in [-0.25, -0.2) is 0 Å². The van der Waals surface area contributed by atoms with Crippen molar-refractivity contribution in [3.8, 4) is 0 Å². The topological polar surface area (TPSA) is 54.0 Å². The average molecular weight is 476 g/mol. The summed E-state index contributed by atoms with van der Waals surface area (Å²) < 4.78 is 38.9. The lowest BCUT2D eigenvalue weighted by Gasteiger charge is -2.22. The number of aryl methyl sites for hydroxylation is 1. The highest BCUT2D eigenvalue weighted by Crippen LogP contribution is 2.33. The molecule has 3 rings (SSSR count). The van der Waals surface area contributed by atoms with Gasteiger partial charge in [0.25, 0.3) is 0 Å². The van der Waals surface area contributed by atoms with E-state index in [0.29, 0.717) is 23.6 Å². The van der Waals surface area contributed by atoms with Gasteiger partial charge in [0.05, 0.1) is 0 Å². The molecule has 3 aromatic rings. The minimum absolute atomic E-state index is 0.174. The number of hydrogen-bond acceptors (Lipinski definition) is 3. The van der Waals surface area contributed by atoms with E-state index in [1.807, 2.05) is 55.5 Å². The van der Waals surface area contributed by atoms with E-state index in [-0.39, 0.29) is 11.8 Å². The number of nitrogens with zero attached hydrogens (tertiary/aromatic N) is 1. The smallest absolute Gasteiger partial charge is 0.358 e. The highest BCUT2D eigenvalue weighted by atomic mass is 35.5. The third-order valence-electron chi connectivity index (χ3n) is 5.50. The predicted molar refractivity (Wildman–Crippen MR) is 123 cm³/mol.